The Labute approximate surface area is 105 Å². The van der Waals surface area contributed by atoms with Crippen LogP contribution in [0.3, 0.4) is 0 Å². The Morgan fingerprint density at radius 3 is 2.56 bits per heavy atom. The zero-order valence-corrected chi connectivity index (χ0v) is 10.2. The predicted octanol–water partition coefficient (Wildman–Crippen LogP) is 2.97. The van der Waals surface area contributed by atoms with E-state index in [9.17, 15) is 4.79 Å². The van der Waals surface area contributed by atoms with Crippen LogP contribution in [0.4, 0.5) is 0 Å². The first kappa shape index (κ1) is 12.1. The number of aromatic nitrogens is 1. The van der Waals surface area contributed by atoms with Gasteiger partial charge >= 0.3 is 5.97 Å². The molecule has 0 N–H and O–H groups in total. The van der Waals surface area contributed by atoms with E-state index in [2.05, 4.69) is 9.72 Å². The average Bonchev–Trinajstić information content (AvgIpc) is 2.39. The summed E-state index contributed by atoms with van der Waals surface area (Å²) in [6, 6.07) is 11.1. The average molecular weight is 243 g/mol. The molecule has 0 spiro atoms. The number of carbonyl (C=O) groups is 1. The fourth-order valence-electron chi connectivity index (χ4n) is 1.52. The minimum atomic E-state index is -0.397. The van der Waals surface area contributed by atoms with Crippen molar-refractivity contribution in [3.05, 3.63) is 53.7 Å². The minimum Gasteiger partial charge on any atom is -0.465 e. The lowest BCUT2D eigenvalue weighted by Gasteiger charge is -2.07. The molecule has 18 heavy (non-hydrogen) atoms. The van der Waals surface area contributed by atoms with E-state index in [1.54, 1.807) is 6.07 Å². The Balaban J connectivity index is 2.22. The van der Waals surface area contributed by atoms with Gasteiger partial charge in [-0.25, -0.2) is 9.78 Å². The number of hydrogen-bond acceptors (Lipinski definition) is 4. The molecule has 1 aromatic carbocycles. The van der Waals surface area contributed by atoms with E-state index in [0.29, 0.717) is 17.2 Å². The molecular formula is C14H13NO3. The van der Waals surface area contributed by atoms with E-state index in [1.807, 2.05) is 37.3 Å². The Morgan fingerprint density at radius 2 is 1.94 bits per heavy atom. The summed E-state index contributed by atoms with van der Waals surface area (Å²) >= 11 is 0. The molecule has 0 radical (unpaired) electrons. The van der Waals surface area contributed by atoms with Crippen LogP contribution in [0.2, 0.25) is 0 Å². The van der Waals surface area contributed by atoms with Gasteiger partial charge in [-0.2, -0.15) is 0 Å². The summed E-state index contributed by atoms with van der Waals surface area (Å²) in [5.41, 5.74) is 1.21. The molecule has 2 rings (SSSR count). The van der Waals surface area contributed by atoms with Gasteiger partial charge in [0, 0.05) is 12.3 Å². The maximum atomic E-state index is 11.4. The molecule has 4 nitrogen and oxygen atoms in total. The van der Waals surface area contributed by atoms with Crippen molar-refractivity contribution in [1.29, 1.82) is 0 Å². The summed E-state index contributed by atoms with van der Waals surface area (Å²) in [6.07, 6.45) is 1.46. The predicted molar refractivity (Wildman–Crippen MR) is 66.8 cm³/mol. The molecule has 1 aromatic heterocycles. The number of methoxy groups -OCH3 is 1. The summed E-state index contributed by atoms with van der Waals surface area (Å²) in [6.45, 7) is 1.81. The highest BCUT2D eigenvalue weighted by atomic mass is 16.5. The van der Waals surface area contributed by atoms with Crippen LogP contribution in [0.25, 0.3) is 0 Å². The number of rotatable bonds is 3. The lowest BCUT2D eigenvalue weighted by Crippen LogP contribution is -2.04. The summed E-state index contributed by atoms with van der Waals surface area (Å²) in [4.78, 5) is 15.5. The van der Waals surface area contributed by atoms with Crippen molar-refractivity contribution in [2.24, 2.45) is 0 Å². The van der Waals surface area contributed by atoms with Crippen LogP contribution in [0.5, 0.6) is 11.6 Å². The monoisotopic (exact) mass is 243 g/mol. The van der Waals surface area contributed by atoms with Gasteiger partial charge in [-0.3, -0.25) is 0 Å². The molecule has 0 unspecified atom stereocenters. The van der Waals surface area contributed by atoms with Gasteiger partial charge in [0.15, 0.2) is 0 Å². The number of ether oxygens (including phenoxy) is 2. The minimum absolute atomic E-state index is 0.397. The van der Waals surface area contributed by atoms with Gasteiger partial charge in [-0.05, 0) is 24.6 Å². The first-order valence-corrected chi connectivity index (χ1v) is 5.48. The van der Waals surface area contributed by atoms with Crippen LogP contribution in [0, 0.1) is 6.92 Å². The Bertz CT molecular complexity index is 552. The third-order valence-electron chi connectivity index (χ3n) is 2.46. The van der Waals surface area contributed by atoms with Gasteiger partial charge in [0.25, 0.3) is 0 Å². The van der Waals surface area contributed by atoms with E-state index >= 15 is 0 Å². The molecule has 0 bridgehead atoms. The Morgan fingerprint density at radius 1 is 1.22 bits per heavy atom. The lowest BCUT2D eigenvalue weighted by atomic mass is 10.1. The first-order chi connectivity index (χ1) is 8.70. The molecule has 2 aromatic rings. The van der Waals surface area contributed by atoms with Gasteiger partial charge in [0.2, 0.25) is 5.88 Å². The number of pyridine rings is 1. The summed E-state index contributed by atoms with van der Waals surface area (Å²) in [5.74, 6) is 0.757. The van der Waals surface area contributed by atoms with E-state index in [1.165, 1.54) is 13.3 Å². The number of hydrogen-bond donors (Lipinski definition) is 0. The quantitative estimate of drug-likeness (QED) is 0.777. The van der Waals surface area contributed by atoms with Crippen molar-refractivity contribution < 1.29 is 14.3 Å². The number of carbonyl (C=O) groups excluding carboxylic acids is 1. The molecule has 0 saturated heterocycles. The van der Waals surface area contributed by atoms with Crippen molar-refractivity contribution in [2.45, 2.75) is 6.92 Å². The molecule has 0 amide bonds. The lowest BCUT2D eigenvalue weighted by molar-refractivity contribution is 0.0599. The SMILES string of the molecule is COC(=O)c1cnc(Oc2ccccc2)cc1C. The molecule has 92 valence electrons. The molecule has 4 heteroatoms. The standard InChI is InChI=1S/C14H13NO3/c1-10-8-13(15-9-12(10)14(16)17-2)18-11-6-4-3-5-7-11/h3-9H,1-2H3. The molecule has 0 saturated carbocycles. The van der Waals surface area contributed by atoms with Crippen molar-refractivity contribution >= 4 is 5.97 Å². The maximum absolute atomic E-state index is 11.4. The van der Waals surface area contributed by atoms with Crippen LogP contribution < -0.4 is 4.74 Å². The highest BCUT2D eigenvalue weighted by molar-refractivity contribution is 5.90. The van der Waals surface area contributed by atoms with Gasteiger partial charge in [-0.1, -0.05) is 18.2 Å². The van der Waals surface area contributed by atoms with Crippen molar-refractivity contribution in [1.82, 2.24) is 4.98 Å². The van der Waals surface area contributed by atoms with Crippen LogP contribution >= 0.6 is 0 Å². The second kappa shape index (κ2) is 5.31. The largest absolute Gasteiger partial charge is 0.465 e. The topological polar surface area (TPSA) is 48.4 Å². The molecule has 1 heterocycles. The van der Waals surface area contributed by atoms with Crippen LogP contribution in [0.15, 0.2) is 42.6 Å². The van der Waals surface area contributed by atoms with Crippen LogP contribution in [-0.4, -0.2) is 18.1 Å². The summed E-state index contributed by atoms with van der Waals surface area (Å²) in [5, 5.41) is 0. The molecule has 0 aliphatic rings. The first-order valence-electron chi connectivity index (χ1n) is 5.48. The smallest absolute Gasteiger partial charge is 0.339 e. The maximum Gasteiger partial charge on any atom is 0.339 e. The fraction of sp³-hybridized carbons (Fsp3) is 0.143. The second-order valence-corrected chi connectivity index (χ2v) is 3.74. The van der Waals surface area contributed by atoms with E-state index < -0.39 is 5.97 Å². The van der Waals surface area contributed by atoms with E-state index in [4.69, 9.17) is 4.74 Å². The Kier molecular flexibility index (Phi) is 3.57. The van der Waals surface area contributed by atoms with Gasteiger partial charge < -0.3 is 9.47 Å². The van der Waals surface area contributed by atoms with Crippen molar-refractivity contribution in [3.63, 3.8) is 0 Å². The van der Waals surface area contributed by atoms with E-state index in [-0.39, 0.29) is 0 Å². The molecule has 0 fully saturated rings. The molecule has 0 aliphatic carbocycles. The van der Waals surface area contributed by atoms with Crippen LogP contribution in [-0.2, 0) is 4.74 Å². The third kappa shape index (κ3) is 2.66. The number of aryl methyl sites for hydroxylation is 1. The fourth-order valence-corrected chi connectivity index (χ4v) is 1.52. The highest BCUT2D eigenvalue weighted by Gasteiger charge is 2.11. The van der Waals surface area contributed by atoms with Crippen molar-refractivity contribution in [3.8, 4) is 11.6 Å². The zero-order valence-electron chi connectivity index (χ0n) is 10.2. The molecule has 0 aliphatic heterocycles. The molecular weight excluding hydrogens is 230 g/mol. The Hall–Kier alpha value is -2.36. The number of benzene rings is 1. The van der Waals surface area contributed by atoms with Crippen LogP contribution in [0.1, 0.15) is 15.9 Å². The van der Waals surface area contributed by atoms with Crippen molar-refractivity contribution in [2.75, 3.05) is 7.11 Å². The molecule has 0 atom stereocenters. The third-order valence-corrected chi connectivity index (χ3v) is 2.46. The van der Waals surface area contributed by atoms with Gasteiger partial charge in [0.1, 0.15) is 5.75 Å². The summed E-state index contributed by atoms with van der Waals surface area (Å²) in [7, 11) is 1.34. The van der Waals surface area contributed by atoms with Gasteiger partial charge in [0.05, 0.1) is 12.7 Å². The normalized spacial score (nSPS) is 9.89. The number of nitrogens with zero attached hydrogens (tertiary/aromatic N) is 1. The highest BCUT2D eigenvalue weighted by Crippen LogP contribution is 2.21. The summed E-state index contributed by atoms with van der Waals surface area (Å²) < 4.78 is 10.2. The van der Waals surface area contributed by atoms with Gasteiger partial charge in [-0.15, -0.1) is 0 Å². The zero-order chi connectivity index (χ0) is 13.0. The number of para-hydroxylation sites is 1. The number of esters is 1. The van der Waals surface area contributed by atoms with E-state index in [0.717, 1.165) is 5.56 Å². The second-order valence-electron chi connectivity index (χ2n) is 3.74.